The van der Waals surface area contributed by atoms with Crippen LogP contribution in [0.5, 0.6) is 0 Å². The Hall–Kier alpha value is -3.12. The predicted octanol–water partition coefficient (Wildman–Crippen LogP) is 6.16. The average molecular weight is 468 g/mol. The van der Waals surface area contributed by atoms with Crippen molar-refractivity contribution in [2.24, 2.45) is 0 Å². The highest BCUT2D eigenvalue weighted by molar-refractivity contribution is 5.79. The van der Waals surface area contributed by atoms with Gasteiger partial charge in [-0.2, -0.15) is 0 Å². The van der Waals surface area contributed by atoms with E-state index in [1.807, 2.05) is 24.0 Å². The van der Waals surface area contributed by atoms with E-state index >= 15 is 0 Å². The third kappa shape index (κ3) is 4.87. The van der Waals surface area contributed by atoms with Crippen LogP contribution < -0.4 is 0 Å². The molecule has 1 aliphatic rings. The number of amides is 1. The Kier molecular flexibility index (Phi) is 6.80. The monoisotopic (exact) mass is 467 g/mol. The molecule has 0 radical (unpaired) electrons. The molecule has 0 aliphatic carbocycles. The molecule has 0 saturated carbocycles. The van der Waals surface area contributed by atoms with E-state index in [9.17, 15) is 23.1 Å². The standard InChI is InChI=1S/C28H28F3NO2/c1-18(33)16-28(22-7-9-23(29)10-8-22)13-14-32(27(34)17-28)19(2)20-3-5-21(6-4-20)25-12-11-24(30)15-26(25)31/h3-12,15,18-19,33H,13-14,16-17H2,1-2H3/t18-,19+,28+/m1/s1. The second-order valence-corrected chi connectivity index (χ2v) is 9.28. The second kappa shape index (κ2) is 9.63. The number of rotatable bonds is 6. The molecule has 1 saturated heterocycles. The molecule has 3 nitrogen and oxygen atoms in total. The molecule has 34 heavy (non-hydrogen) atoms. The molecule has 1 N–H and O–H groups in total. The number of aliphatic hydroxyl groups is 1. The number of hydrogen-bond acceptors (Lipinski definition) is 2. The summed E-state index contributed by atoms with van der Waals surface area (Å²) in [5, 5.41) is 10.1. The second-order valence-electron chi connectivity index (χ2n) is 9.28. The minimum atomic E-state index is -0.623. The highest BCUT2D eigenvalue weighted by Crippen LogP contribution is 2.42. The van der Waals surface area contributed by atoms with Crippen LogP contribution in [0.4, 0.5) is 13.2 Å². The van der Waals surface area contributed by atoms with Gasteiger partial charge in [0, 0.05) is 30.0 Å². The van der Waals surface area contributed by atoms with Crippen LogP contribution in [0.3, 0.4) is 0 Å². The van der Waals surface area contributed by atoms with Crippen molar-refractivity contribution in [2.45, 2.75) is 50.7 Å². The summed E-state index contributed by atoms with van der Waals surface area (Å²) in [5.74, 6) is -1.61. The van der Waals surface area contributed by atoms with Crippen LogP contribution in [0, 0.1) is 17.5 Å². The van der Waals surface area contributed by atoms with E-state index in [4.69, 9.17) is 0 Å². The predicted molar refractivity (Wildman–Crippen MR) is 126 cm³/mol. The fraction of sp³-hybridized carbons (Fsp3) is 0.321. The lowest BCUT2D eigenvalue weighted by molar-refractivity contribution is -0.138. The maximum atomic E-state index is 14.1. The molecule has 1 heterocycles. The lowest BCUT2D eigenvalue weighted by Gasteiger charge is -2.44. The zero-order chi connectivity index (χ0) is 24.5. The van der Waals surface area contributed by atoms with E-state index in [-0.39, 0.29) is 24.2 Å². The maximum absolute atomic E-state index is 14.1. The summed E-state index contributed by atoms with van der Waals surface area (Å²) in [6.45, 7) is 4.15. The Bertz CT molecular complexity index is 1160. The van der Waals surface area contributed by atoms with Gasteiger partial charge in [-0.05, 0) is 67.6 Å². The van der Waals surface area contributed by atoms with Crippen molar-refractivity contribution in [2.75, 3.05) is 6.54 Å². The number of aliphatic hydroxyl groups excluding tert-OH is 1. The molecule has 0 spiro atoms. The Labute approximate surface area is 197 Å². The summed E-state index contributed by atoms with van der Waals surface area (Å²) in [6.07, 6.45) is 0.705. The van der Waals surface area contributed by atoms with Crippen LogP contribution in [0.1, 0.15) is 50.3 Å². The van der Waals surface area contributed by atoms with Gasteiger partial charge in [0.2, 0.25) is 5.91 Å². The largest absolute Gasteiger partial charge is 0.393 e. The van der Waals surface area contributed by atoms with Crippen LogP contribution in [0.15, 0.2) is 66.7 Å². The van der Waals surface area contributed by atoms with E-state index in [0.29, 0.717) is 30.5 Å². The molecule has 4 rings (SSSR count). The molecular formula is C28H28F3NO2. The summed E-state index contributed by atoms with van der Waals surface area (Å²) in [5.41, 5.74) is 2.17. The van der Waals surface area contributed by atoms with Crippen LogP contribution in [0.25, 0.3) is 11.1 Å². The number of halogens is 3. The molecule has 0 unspecified atom stereocenters. The molecule has 3 aromatic carbocycles. The fourth-order valence-electron chi connectivity index (χ4n) is 5.10. The van der Waals surface area contributed by atoms with Crippen LogP contribution in [0.2, 0.25) is 0 Å². The molecule has 178 valence electrons. The number of nitrogens with zero attached hydrogens (tertiary/aromatic N) is 1. The number of likely N-dealkylation sites (tertiary alicyclic amines) is 1. The molecule has 3 atom stereocenters. The summed E-state index contributed by atoms with van der Waals surface area (Å²) in [7, 11) is 0. The van der Waals surface area contributed by atoms with Gasteiger partial charge in [-0.1, -0.05) is 36.4 Å². The van der Waals surface area contributed by atoms with E-state index in [2.05, 4.69) is 0 Å². The Balaban J connectivity index is 1.53. The molecule has 0 bridgehead atoms. The summed E-state index contributed by atoms with van der Waals surface area (Å²) in [4.78, 5) is 15.1. The molecule has 3 aromatic rings. The average Bonchev–Trinajstić information content (AvgIpc) is 2.79. The Morgan fingerprint density at radius 1 is 0.941 bits per heavy atom. The first-order valence-corrected chi connectivity index (χ1v) is 11.5. The maximum Gasteiger partial charge on any atom is 0.223 e. The molecule has 1 amide bonds. The third-order valence-corrected chi connectivity index (χ3v) is 6.89. The Morgan fingerprint density at radius 2 is 1.59 bits per heavy atom. The topological polar surface area (TPSA) is 40.5 Å². The van der Waals surface area contributed by atoms with Crippen molar-refractivity contribution in [3.05, 3.63) is 95.3 Å². The van der Waals surface area contributed by atoms with Crippen LogP contribution >= 0.6 is 0 Å². The van der Waals surface area contributed by atoms with E-state index in [1.165, 1.54) is 24.3 Å². The molecule has 1 aliphatic heterocycles. The van der Waals surface area contributed by atoms with Crippen LogP contribution in [-0.4, -0.2) is 28.6 Å². The van der Waals surface area contributed by atoms with Gasteiger partial charge in [0.1, 0.15) is 17.5 Å². The van der Waals surface area contributed by atoms with Gasteiger partial charge in [-0.15, -0.1) is 0 Å². The Morgan fingerprint density at radius 3 is 2.18 bits per heavy atom. The zero-order valence-electron chi connectivity index (χ0n) is 19.3. The highest BCUT2D eigenvalue weighted by atomic mass is 19.1. The van der Waals surface area contributed by atoms with Crippen molar-refractivity contribution in [1.82, 2.24) is 4.90 Å². The third-order valence-electron chi connectivity index (χ3n) is 6.89. The molecule has 6 heteroatoms. The van der Waals surface area contributed by atoms with E-state index in [1.54, 1.807) is 31.2 Å². The van der Waals surface area contributed by atoms with Gasteiger partial charge in [-0.25, -0.2) is 13.2 Å². The van der Waals surface area contributed by atoms with Gasteiger partial charge in [0.15, 0.2) is 0 Å². The van der Waals surface area contributed by atoms with Gasteiger partial charge >= 0.3 is 0 Å². The van der Waals surface area contributed by atoms with Crippen molar-refractivity contribution >= 4 is 5.91 Å². The number of carbonyl (C=O) groups excluding carboxylic acids is 1. The first-order valence-electron chi connectivity index (χ1n) is 11.5. The summed E-state index contributed by atoms with van der Waals surface area (Å²) >= 11 is 0. The fourth-order valence-corrected chi connectivity index (χ4v) is 5.10. The van der Waals surface area contributed by atoms with E-state index < -0.39 is 23.2 Å². The highest BCUT2D eigenvalue weighted by Gasteiger charge is 2.42. The normalized spacial score (nSPS) is 20.3. The molecule has 0 aromatic heterocycles. The van der Waals surface area contributed by atoms with Crippen molar-refractivity contribution in [3.63, 3.8) is 0 Å². The van der Waals surface area contributed by atoms with Gasteiger partial charge in [-0.3, -0.25) is 4.79 Å². The van der Waals surface area contributed by atoms with Gasteiger partial charge in [0.25, 0.3) is 0 Å². The van der Waals surface area contributed by atoms with Crippen molar-refractivity contribution in [1.29, 1.82) is 0 Å². The smallest absolute Gasteiger partial charge is 0.223 e. The summed E-state index contributed by atoms with van der Waals surface area (Å²) in [6, 6.07) is 16.7. The first-order chi connectivity index (χ1) is 16.2. The van der Waals surface area contributed by atoms with E-state index in [0.717, 1.165) is 17.2 Å². The molecular weight excluding hydrogens is 439 g/mol. The SMILES string of the molecule is C[C@@H](O)C[C@@]1(c2ccc(F)cc2)CCN([C@@H](C)c2ccc(-c3ccc(F)cc3F)cc2)C(=O)C1. The number of carbonyl (C=O) groups is 1. The minimum absolute atomic E-state index is 0.0302. The summed E-state index contributed by atoms with van der Waals surface area (Å²) < 4.78 is 40.8. The first kappa shape index (κ1) is 24.0. The number of piperidine rings is 1. The number of benzene rings is 3. The minimum Gasteiger partial charge on any atom is -0.393 e. The molecule has 1 fully saturated rings. The van der Waals surface area contributed by atoms with Crippen molar-refractivity contribution in [3.8, 4) is 11.1 Å². The van der Waals surface area contributed by atoms with Gasteiger partial charge in [0.05, 0.1) is 12.1 Å². The quantitative estimate of drug-likeness (QED) is 0.472. The lowest BCUT2D eigenvalue weighted by atomic mass is 9.69. The lowest BCUT2D eigenvalue weighted by Crippen LogP contribution is -2.48. The zero-order valence-corrected chi connectivity index (χ0v) is 19.3. The number of hydrogen-bond donors (Lipinski definition) is 1. The van der Waals surface area contributed by atoms with Crippen LogP contribution in [-0.2, 0) is 10.2 Å². The van der Waals surface area contributed by atoms with Gasteiger partial charge < -0.3 is 10.0 Å². The van der Waals surface area contributed by atoms with Crippen molar-refractivity contribution < 1.29 is 23.1 Å².